The second kappa shape index (κ2) is 5.47. The Morgan fingerprint density at radius 2 is 1.35 bits per heavy atom. The Hall–Kier alpha value is -2.13. The summed E-state index contributed by atoms with van der Waals surface area (Å²) in [6, 6.07) is 20.9. The number of halogens is 1. The highest BCUT2D eigenvalue weighted by Gasteiger charge is 2.12. The van der Waals surface area contributed by atoms with Gasteiger partial charge in [-0.05, 0) is 27.6 Å². The van der Waals surface area contributed by atoms with E-state index in [1.807, 2.05) is 66.7 Å². The van der Waals surface area contributed by atoms with E-state index in [2.05, 4.69) is 15.9 Å². The molecule has 1 aromatic heterocycles. The predicted molar refractivity (Wildman–Crippen MR) is 83.6 cm³/mol. The first-order valence-corrected chi connectivity index (χ1v) is 6.99. The molecule has 3 heteroatoms. The van der Waals surface area contributed by atoms with Crippen LogP contribution in [0.3, 0.4) is 0 Å². The smallest absolute Gasteiger partial charge is 0.345 e. The molecule has 0 aliphatic carbocycles. The van der Waals surface area contributed by atoms with Crippen molar-refractivity contribution in [3.63, 3.8) is 0 Å². The molecule has 0 saturated heterocycles. The fraction of sp³-hybridized carbons (Fsp3) is 0. The Morgan fingerprint density at radius 1 is 0.800 bits per heavy atom. The highest BCUT2D eigenvalue weighted by atomic mass is 79.9. The Morgan fingerprint density at radius 3 is 1.90 bits per heavy atom. The third kappa shape index (κ3) is 2.45. The second-order valence-electron chi connectivity index (χ2n) is 4.35. The first-order valence-electron chi connectivity index (χ1n) is 6.20. The van der Waals surface area contributed by atoms with Crippen LogP contribution >= 0.6 is 15.9 Å². The molecule has 0 N–H and O–H groups in total. The molecule has 2 nitrogen and oxygen atoms in total. The van der Waals surface area contributed by atoms with Crippen LogP contribution in [0, 0.1) is 0 Å². The number of hydrogen-bond donors (Lipinski definition) is 0. The van der Waals surface area contributed by atoms with E-state index < -0.39 is 0 Å². The van der Waals surface area contributed by atoms with Crippen LogP contribution < -0.4 is 5.63 Å². The normalized spacial score (nSPS) is 10.4. The van der Waals surface area contributed by atoms with E-state index in [4.69, 9.17) is 4.42 Å². The molecule has 0 radical (unpaired) electrons. The van der Waals surface area contributed by atoms with E-state index in [9.17, 15) is 4.79 Å². The lowest BCUT2D eigenvalue weighted by Gasteiger charge is -2.06. The van der Waals surface area contributed by atoms with Gasteiger partial charge >= 0.3 is 5.63 Å². The van der Waals surface area contributed by atoms with Crippen LogP contribution in [0.15, 0.2) is 80.4 Å². The predicted octanol–water partition coefficient (Wildman–Crippen LogP) is 4.74. The van der Waals surface area contributed by atoms with E-state index in [1.54, 1.807) is 0 Å². The molecule has 0 aliphatic heterocycles. The minimum atomic E-state index is -0.343. The zero-order valence-corrected chi connectivity index (χ0v) is 12.1. The van der Waals surface area contributed by atoms with Crippen molar-refractivity contribution in [3.05, 3.63) is 81.6 Å². The average molecular weight is 327 g/mol. The molecule has 2 aromatic carbocycles. The van der Waals surface area contributed by atoms with E-state index in [1.165, 1.54) is 0 Å². The van der Waals surface area contributed by atoms with Crippen LogP contribution in [-0.4, -0.2) is 0 Å². The van der Waals surface area contributed by atoms with Gasteiger partial charge in [-0.3, -0.25) is 0 Å². The molecular formula is C17H11BrO2. The zero-order chi connectivity index (χ0) is 13.9. The van der Waals surface area contributed by atoms with Gasteiger partial charge in [0.1, 0.15) is 5.76 Å². The first-order chi connectivity index (χ1) is 9.75. The standard InChI is InChI=1S/C17H11BrO2/c18-14-11-15(12-7-3-1-4-8-12)20-17(19)16(14)13-9-5-2-6-10-13/h1-11H. The summed E-state index contributed by atoms with van der Waals surface area (Å²) >= 11 is 3.47. The SMILES string of the molecule is O=c1oc(-c2ccccc2)cc(Br)c1-c1ccccc1. The Balaban J connectivity index is 2.16. The third-order valence-electron chi connectivity index (χ3n) is 3.02. The molecule has 3 aromatic rings. The Bertz CT molecular complexity index is 777. The van der Waals surface area contributed by atoms with Crippen molar-refractivity contribution in [2.45, 2.75) is 0 Å². The molecule has 0 bridgehead atoms. The van der Waals surface area contributed by atoms with Crippen molar-refractivity contribution in [3.8, 4) is 22.5 Å². The number of rotatable bonds is 2. The summed E-state index contributed by atoms with van der Waals surface area (Å²) in [4.78, 5) is 12.2. The summed E-state index contributed by atoms with van der Waals surface area (Å²) in [5.41, 5.74) is 1.92. The largest absolute Gasteiger partial charge is 0.422 e. The van der Waals surface area contributed by atoms with Crippen LogP contribution in [0.1, 0.15) is 0 Å². The lowest BCUT2D eigenvalue weighted by Crippen LogP contribution is -2.04. The molecule has 0 aliphatic rings. The summed E-state index contributed by atoms with van der Waals surface area (Å²) in [5, 5.41) is 0. The quantitative estimate of drug-likeness (QED) is 0.681. The number of hydrogen-bond acceptors (Lipinski definition) is 2. The van der Waals surface area contributed by atoms with Gasteiger partial charge in [-0.2, -0.15) is 0 Å². The molecule has 0 saturated carbocycles. The van der Waals surface area contributed by atoms with Crippen molar-refractivity contribution in [1.29, 1.82) is 0 Å². The molecule has 98 valence electrons. The number of benzene rings is 2. The van der Waals surface area contributed by atoms with Crippen LogP contribution in [0.5, 0.6) is 0 Å². The maximum absolute atomic E-state index is 12.2. The molecule has 0 atom stereocenters. The van der Waals surface area contributed by atoms with Crippen LogP contribution in [0.2, 0.25) is 0 Å². The van der Waals surface area contributed by atoms with Gasteiger partial charge in [0.05, 0.1) is 5.56 Å². The lowest BCUT2D eigenvalue weighted by molar-refractivity contribution is 0.527. The van der Waals surface area contributed by atoms with E-state index >= 15 is 0 Å². The Kier molecular flexibility index (Phi) is 3.52. The molecule has 1 heterocycles. The van der Waals surface area contributed by atoms with Gasteiger partial charge < -0.3 is 4.42 Å². The van der Waals surface area contributed by atoms with Gasteiger partial charge in [-0.1, -0.05) is 60.7 Å². The average Bonchev–Trinajstić information content (AvgIpc) is 2.48. The minimum absolute atomic E-state index is 0.343. The van der Waals surface area contributed by atoms with Crippen LogP contribution in [0.4, 0.5) is 0 Å². The summed E-state index contributed by atoms with van der Waals surface area (Å²) < 4.78 is 6.18. The minimum Gasteiger partial charge on any atom is -0.422 e. The van der Waals surface area contributed by atoms with Crippen molar-refractivity contribution < 1.29 is 4.42 Å². The van der Waals surface area contributed by atoms with Crippen molar-refractivity contribution in [1.82, 2.24) is 0 Å². The fourth-order valence-electron chi connectivity index (χ4n) is 2.07. The lowest BCUT2D eigenvalue weighted by atomic mass is 10.1. The van der Waals surface area contributed by atoms with Gasteiger partial charge in [0.25, 0.3) is 0 Å². The molecule has 0 spiro atoms. The van der Waals surface area contributed by atoms with Crippen molar-refractivity contribution >= 4 is 15.9 Å². The topological polar surface area (TPSA) is 30.2 Å². The van der Waals surface area contributed by atoms with Crippen molar-refractivity contribution in [2.24, 2.45) is 0 Å². The molecule has 3 rings (SSSR count). The highest BCUT2D eigenvalue weighted by molar-refractivity contribution is 9.10. The van der Waals surface area contributed by atoms with Gasteiger partial charge in [0.15, 0.2) is 0 Å². The van der Waals surface area contributed by atoms with Crippen LogP contribution in [-0.2, 0) is 0 Å². The summed E-state index contributed by atoms with van der Waals surface area (Å²) in [7, 11) is 0. The van der Waals surface area contributed by atoms with E-state index in [0.717, 1.165) is 15.6 Å². The zero-order valence-electron chi connectivity index (χ0n) is 10.5. The monoisotopic (exact) mass is 326 g/mol. The van der Waals surface area contributed by atoms with Gasteiger partial charge in [0, 0.05) is 10.0 Å². The Labute approximate surface area is 124 Å². The molecule has 0 unspecified atom stereocenters. The highest BCUT2D eigenvalue weighted by Crippen LogP contribution is 2.29. The van der Waals surface area contributed by atoms with Gasteiger partial charge in [-0.25, -0.2) is 4.79 Å². The first kappa shape index (κ1) is 12.9. The molecule has 0 fully saturated rings. The van der Waals surface area contributed by atoms with E-state index in [-0.39, 0.29) is 5.63 Å². The van der Waals surface area contributed by atoms with Gasteiger partial charge in [-0.15, -0.1) is 0 Å². The maximum Gasteiger partial charge on any atom is 0.345 e. The summed E-state index contributed by atoms with van der Waals surface area (Å²) in [6.45, 7) is 0. The summed E-state index contributed by atoms with van der Waals surface area (Å²) in [5.74, 6) is 0.558. The fourth-order valence-corrected chi connectivity index (χ4v) is 2.67. The second-order valence-corrected chi connectivity index (χ2v) is 5.21. The van der Waals surface area contributed by atoms with Gasteiger partial charge in [0.2, 0.25) is 0 Å². The van der Waals surface area contributed by atoms with Crippen molar-refractivity contribution in [2.75, 3.05) is 0 Å². The molecule has 20 heavy (non-hydrogen) atoms. The maximum atomic E-state index is 12.2. The molecule has 0 amide bonds. The molecular weight excluding hydrogens is 316 g/mol. The third-order valence-corrected chi connectivity index (χ3v) is 3.65. The summed E-state index contributed by atoms with van der Waals surface area (Å²) in [6.07, 6.45) is 0. The van der Waals surface area contributed by atoms with E-state index in [0.29, 0.717) is 11.3 Å². The van der Waals surface area contributed by atoms with Crippen LogP contribution in [0.25, 0.3) is 22.5 Å².